The molecule has 20 heavy (non-hydrogen) atoms. The Kier molecular flexibility index (Phi) is 5.32. The first-order chi connectivity index (χ1) is 9.60. The molecule has 1 aromatic heterocycles. The van der Waals surface area contributed by atoms with Gasteiger partial charge in [0, 0.05) is 10.7 Å². The van der Waals surface area contributed by atoms with Crippen molar-refractivity contribution in [2.45, 2.75) is 33.2 Å². The third-order valence-corrected chi connectivity index (χ3v) is 3.86. The Morgan fingerprint density at radius 2 is 2.05 bits per heavy atom. The van der Waals surface area contributed by atoms with E-state index in [4.69, 9.17) is 0 Å². The average molecular weight is 333 g/mol. The molecule has 2 rings (SSSR count). The first-order valence-electron chi connectivity index (χ1n) is 7.01. The van der Waals surface area contributed by atoms with Crippen LogP contribution in [-0.4, -0.2) is 11.5 Å². The topological polar surface area (TPSA) is 24.9 Å². The fraction of sp³-hybridized carbons (Fsp3) is 0.353. The molecule has 1 atom stereocenters. The number of rotatable bonds is 5. The molecule has 1 unspecified atom stereocenters. The smallest absolute Gasteiger partial charge is 0.0605 e. The van der Waals surface area contributed by atoms with E-state index in [1.165, 1.54) is 16.7 Å². The fourth-order valence-corrected chi connectivity index (χ4v) is 2.95. The van der Waals surface area contributed by atoms with E-state index in [1.807, 2.05) is 6.20 Å². The molecular weight excluding hydrogens is 312 g/mol. The second-order valence-electron chi connectivity index (χ2n) is 5.16. The lowest BCUT2D eigenvalue weighted by Crippen LogP contribution is -2.24. The van der Waals surface area contributed by atoms with Gasteiger partial charge in [0.2, 0.25) is 0 Å². The SMILES string of the molecule is CCNC(Cc1cccc(Br)c1)c1ncc(C)cc1C. The molecule has 0 bridgehead atoms. The van der Waals surface area contributed by atoms with Gasteiger partial charge in [0.1, 0.15) is 0 Å². The Labute approximate surface area is 129 Å². The van der Waals surface area contributed by atoms with Crippen LogP contribution in [0.15, 0.2) is 41.0 Å². The normalized spacial score (nSPS) is 12.4. The number of benzene rings is 1. The van der Waals surface area contributed by atoms with E-state index in [-0.39, 0.29) is 6.04 Å². The summed E-state index contributed by atoms with van der Waals surface area (Å²) in [5, 5.41) is 3.55. The zero-order valence-electron chi connectivity index (χ0n) is 12.3. The second-order valence-corrected chi connectivity index (χ2v) is 6.07. The highest BCUT2D eigenvalue weighted by atomic mass is 79.9. The van der Waals surface area contributed by atoms with Gasteiger partial charge in [-0.1, -0.05) is 41.1 Å². The minimum Gasteiger partial charge on any atom is -0.309 e. The molecule has 1 N–H and O–H groups in total. The maximum atomic E-state index is 4.64. The highest BCUT2D eigenvalue weighted by molar-refractivity contribution is 9.10. The molecular formula is C17H21BrN2. The maximum absolute atomic E-state index is 4.64. The lowest BCUT2D eigenvalue weighted by atomic mass is 9.99. The van der Waals surface area contributed by atoms with Crippen molar-refractivity contribution in [3.05, 3.63) is 63.4 Å². The Morgan fingerprint density at radius 1 is 1.25 bits per heavy atom. The van der Waals surface area contributed by atoms with Gasteiger partial charge in [-0.2, -0.15) is 0 Å². The van der Waals surface area contributed by atoms with E-state index < -0.39 is 0 Å². The molecule has 0 fully saturated rings. The summed E-state index contributed by atoms with van der Waals surface area (Å²) in [6, 6.07) is 10.9. The molecule has 2 nitrogen and oxygen atoms in total. The van der Waals surface area contributed by atoms with Gasteiger partial charge in [-0.3, -0.25) is 4.98 Å². The maximum Gasteiger partial charge on any atom is 0.0605 e. The van der Waals surface area contributed by atoms with E-state index in [1.54, 1.807) is 0 Å². The molecule has 0 radical (unpaired) electrons. The predicted octanol–water partition coefficient (Wildman–Crippen LogP) is 4.35. The summed E-state index contributed by atoms with van der Waals surface area (Å²) >= 11 is 3.54. The molecule has 2 aromatic rings. The zero-order valence-corrected chi connectivity index (χ0v) is 13.9. The molecule has 1 aromatic carbocycles. The van der Waals surface area contributed by atoms with Crippen molar-refractivity contribution in [1.29, 1.82) is 0 Å². The summed E-state index contributed by atoms with van der Waals surface area (Å²) in [5.41, 5.74) is 4.93. The summed E-state index contributed by atoms with van der Waals surface area (Å²) in [4.78, 5) is 4.64. The van der Waals surface area contributed by atoms with Crippen molar-refractivity contribution < 1.29 is 0 Å². The van der Waals surface area contributed by atoms with Crippen LogP contribution in [0.3, 0.4) is 0 Å². The van der Waals surface area contributed by atoms with E-state index in [0.717, 1.165) is 23.1 Å². The number of halogens is 1. The van der Waals surface area contributed by atoms with Crippen LogP contribution < -0.4 is 5.32 Å². The number of aryl methyl sites for hydroxylation is 2. The van der Waals surface area contributed by atoms with Gasteiger partial charge in [0.05, 0.1) is 11.7 Å². The Bertz CT molecular complexity index is 581. The quantitative estimate of drug-likeness (QED) is 0.880. The summed E-state index contributed by atoms with van der Waals surface area (Å²) in [7, 11) is 0. The number of pyridine rings is 1. The van der Waals surface area contributed by atoms with E-state index in [9.17, 15) is 0 Å². The zero-order chi connectivity index (χ0) is 14.5. The van der Waals surface area contributed by atoms with Crippen molar-refractivity contribution >= 4 is 15.9 Å². The largest absolute Gasteiger partial charge is 0.309 e. The van der Waals surface area contributed by atoms with Gasteiger partial charge in [-0.15, -0.1) is 0 Å². The van der Waals surface area contributed by atoms with E-state index in [0.29, 0.717) is 0 Å². The molecule has 0 aliphatic carbocycles. The van der Waals surface area contributed by atoms with Crippen LogP contribution in [0.5, 0.6) is 0 Å². The number of hydrogen-bond donors (Lipinski definition) is 1. The molecule has 1 heterocycles. The fourth-order valence-electron chi connectivity index (χ4n) is 2.50. The summed E-state index contributed by atoms with van der Waals surface area (Å²) in [6.45, 7) is 7.30. The number of likely N-dealkylation sites (N-methyl/N-ethyl adjacent to an activating group) is 1. The van der Waals surface area contributed by atoms with Crippen LogP contribution in [0.4, 0.5) is 0 Å². The van der Waals surface area contributed by atoms with Gasteiger partial charge < -0.3 is 5.32 Å². The van der Waals surface area contributed by atoms with E-state index in [2.05, 4.69) is 77.3 Å². The van der Waals surface area contributed by atoms with Gasteiger partial charge in [0.15, 0.2) is 0 Å². The molecule has 0 amide bonds. The monoisotopic (exact) mass is 332 g/mol. The van der Waals surface area contributed by atoms with Crippen LogP contribution in [-0.2, 0) is 6.42 Å². The molecule has 106 valence electrons. The molecule has 0 saturated heterocycles. The van der Waals surface area contributed by atoms with Gasteiger partial charge in [0.25, 0.3) is 0 Å². The lowest BCUT2D eigenvalue weighted by molar-refractivity contribution is 0.533. The minimum absolute atomic E-state index is 0.259. The molecule has 0 spiro atoms. The molecule has 0 saturated carbocycles. The highest BCUT2D eigenvalue weighted by Crippen LogP contribution is 2.22. The molecule has 0 aliphatic heterocycles. The van der Waals surface area contributed by atoms with Crippen LogP contribution in [0.25, 0.3) is 0 Å². The lowest BCUT2D eigenvalue weighted by Gasteiger charge is -2.20. The standard InChI is InChI=1S/C17H21BrN2/c1-4-19-16(10-14-6-5-7-15(18)9-14)17-13(3)8-12(2)11-20-17/h5-9,11,16,19H,4,10H2,1-3H3. The summed E-state index contributed by atoms with van der Waals surface area (Å²) < 4.78 is 1.12. The summed E-state index contributed by atoms with van der Waals surface area (Å²) in [5.74, 6) is 0. The van der Waals surface area contributed by atoms with Crippen LogP contribution in [0.1, 0.15) is 35.3 Å². The van der Waals surface area contributed by atoms with Crippen LogP contribution >= 0.6 is 15.9 Å². The van der Waals surface area contributed by atoms with Crippen molar-refractivity contribution in [2.24, 2.45) is 0 Å². The number of hydrogen-bond acceptors (Lipinski definition) is 2. The van der Waals surface area contributed by atoms with Crippen molar-refractivity contribution in [3.63, 3.8) is 0 Å². The van der Waals surface area contributed by atoms with Gasteiger partial charge in [-0.05, 0) is 55.6 Å². The third kappa shape index (κ3) is 3.90. The van der Waals surface area contributed by atoms with Crippen molar-refractivity contribution in [1.82, 2.24) is 10.3 Å². The first kappa shape index (κ1) is 15.2. The number of aromatic nitrogens is 1. The number of nitrogens with one attached hydrogen (secondary N) is 1. The minimum atomic E-state index is 0.259. The van der Waals surface area contributed by atoms with Crippen molar-refractivity contribution in [2.75, 3.05) is 6.54 Å². The van der Waals surface area contributed by atoms with E-state index >= 15 is 0 Å². The first-order valence-corrected chi connectivity index (χ1v) is 7.80. The Hall–Kier alpha value is -1.19. The van der Waals surface area contributed by atoms with Gasteiger partial charge >= 0.3 is 0 Å². The van der Waals surface area contributed by atoms with Crippen LogP contribution in [0, 0.1) is 13.8 Å². The Balaban J connectivity index is 2.26. The highest BCUT2D eigenvalue weighted by Gasteiger charge is 2.15. The van der Waals surface area contributed by atoms with Crippen molar-refractivity contribution in [3.8, 4) is 0 Å². The molecule has 3 heteroatoms. The number of nitrogens with zero attached hydrogens (tertiary/aromatic N) is 1. The summed E-state index contributed by atoms with van der Waals surface area (Å²) in [6.07, 6.45) is 2.90. The predicted molar refractivity (Wildman–Crippen MR) is 88.0 cm³/mol. The average Bonchev–Trinajstić information content (AvgIpc) is 2.38. The van der Waals surface area contributed by atoms with Gasteiger partial charge in [-0.25, -0.2) is 0 Å². The second kappa shape index (κ2) is 7.00. The Morgan fingerprint density at radius 3 is 2.70 bits per heavy atom. The van der Waals surface area contributed by atoms with Crippen LogP contribution in [0.2, 0.25) is 0 Å². The third-order valence-electron chi connectivity index (χ3n) is 3.36. The molecule has 0 aliphatic rings.